The van der Waals surface area contributed by atoms with E-state index in [1.807, 2.05) is 31.2 Å². The zero-order chi connectivity index (χ0) is 22.1. The molecular weight excluding hydrogens is 348 g/mol. The largest absolute Gasteiger partial charge is 0.0990 e. The topological polar surface area (TPSA) is 0 Å². The van der Waals surface area contributed by atoms with Gasteiger partial charge in [0.25, 0.3) is 0 Å². The van der Waals surface area contributed by atoms with Crippen molar-refractivity contribution in [3.05, 3.63) is 133 Å². The lowest BCUT2D eigenvalue weighted by Gasteiger charge is -2.17. The molecule has 0 saturated carbocycles. The zero-order valence-electron chi connectivity index (χ0n) is 18.9. The minimum absolute atomic E-state index is 0.952. The van der Waals surface area contributed by atoms with Gasteiger partial charge in [0, 0.05) is 0 Å². The Morgan fingerprint density at radius 3 is 1.83 bits per heavy atom. The molecule has 0 amide bonds. The van der Waals surface area contributed by atoms with Gasteiger partial charge in [-0.15, -0.1) is 0 Å². The van der Waals surface area contributed by atoms with Gasteiger partial charge in [0.1, 0.15) is 0 Å². The van der Waals surface area contributed by atoms with Crippen LogP contribution in [0.4, 0.5) is 0 Å². The fourth-order valence-corrected chi connectivity index (χ4v) is 2.84. The molecule has 0 aromatic heterocycles. The van der Waals surface area contributed by atoms with Crippen molar-refractivity contribution in [1.82, 2.24) is 0 Å². The summed E-state index contributed by atoms with van der Waals surface area (Å²) in [6.07, 6.45) is 27.6. The van der Waals surface area contributed by atoms with Crippen LogP contribution in [0.25, 0.3) is 0 Å². The predicted octanol–water partition coefficient (Wildman–Crippen LogP) is 9.09. The second-order valence-corrected chi connectivity index (χ2v) is 6.44. The highest BCUT2D eigenvalue weighted by Crippen LogP contribution is 2.31. The monoisotopic (exact) mass is 386 g/mol. The molecule has 0 aliphatic carbocycles. The van der Waals surface area contributed by atoms with Gasteiger partial charge < -0.3 is 0 Å². The molecule has 0 saturated heterocycles. The Kier molecular flexibility index (Phi) is 14.5. The van der Waals surface area contributed by atoms with Gasteiger partial charge in [0.2, 0.25) is 0 Å². The van der Waals surface area contributed by atoms with Crippen molar-refractivity contribution >= 4 is 0 Å². The molecule has 0 aromatic carbocycles. The maximum Gasteiger partial charge on any atom is -0.0103 e. The molecule has 0 N–H and O–H groups in total. The predicted molar refractivity (Wildman–Crippen MR) is 135 cm³/mol. The molecule has 0 spiro atoms. The van der Waals surface area contributed by atoms with Crippen LogP contribution in [0.1, 0.15) is 47.0 Å². The van der Waals surface area contributed by atoms with E-state index in [0.29, 0.717) is 0 Å². The number of unbranched alkanes of at least 4 members (excludes halogenated alkanes) is 1. The first-order valence-corrected chi connectivity index (χ1v) is 10.4. The van der Waals surface area contributed by atoms with Crippen LogP contribution in [0.15, 0.2) is 133 Å². The average molecular weight is 387 g/mol. The Labute approximate surface area is 179 Å². The summed E-state index contributed by atoms with van der Waals surface area (Å²) in [6.45, 7) is 24.3. The summed E-state index contributed by atoms with van der Waals surface area (Å²) in [5.41, 5.74) is 6.60. The van der Waals surface area contributed by atoms with E-state index in [4.69, 9.17) is 0 Å². The molecule has 0 aliphatic heterocycles. The molecule has 0 bridgehead atoms. The summed E-state index contributed by atoms with van der Waals surface area (Å²) in [5, 5.41) is 0. The summed E-state index contributed by atoms with van der Waals surface area (Å²) < 4.78 is 0. The summed E-state index contributed by atoms with van der Waals surface area (Å²) in [4.78, 5) is 0. The SMILES string of the molecule is C=C/C=C(C=C)/C=C(C(\C=C)=C\CCC)/C(=C/C(C=C)=C/CC)C(/C=C\C)=C/C. The van der Waals surface area contributed by atoms with Crippen LogP contribution in [-0.4, -0.2) is 0 Å². The summed E-state index contributed by atoms with van der Waals surface area (Å²) in [5.74, 6) is 0. The summed E-state index contributed by atoms with van der Waals surface area (Å²) in [6, 6.07) is 0. The van der Waals surface area contributed by atoms with Gasteiger partial charge in [0.05, 0.1) is 0 Å². The maximum atomic E-state index is 4.09. The highest BCUT2D eigenvalue weighted by Gasteiger charge is 2.13. The van der Waals surface area contributed by atoms with Crippen LogP contribution < -0.4 is 0 Å². The van der Waals surface area contributed by atoms with E-state index in [1.54, 1.807) is 6.08 Å². The number of hydrogen-bond acceptors (Lipinski definition) is 0. The van der Waals surface area contributed by atoms with E-state index in [0.717, 1.165) is 52.7 Å². The third-order valence-corrected chi connectivity index (χ3v) is 4.29. The minimum Gasteiger partial charge on any atom is -0.0990 e. The molecular formula is C29H38. The molecule has 0 nitrogen and oxygen atoms in total. The van der Waals surface area contributed by atoms with Crippen LogP contribution in [0.2, 0.25) is 0 Å². The highest BCUT2D eigenvalue weighted by atomic mass is 14.2. The summed E-state index contributed by atoms with van der Waals surface area (Å²) in [7, 11) is 0. The smallest absolute Gasteiger partial charge is 0.0103 e. The van der Waals surface area contributed by atoms with E-state index >= 15 is 0 Å². The molecule has 0 rings (SSSR count). The number of rotatable bonds is 13. The molecule has 0 fully saturated rings. The van der Waals surface area contributed by atoms with Crippen LogP contribution in [0, 0.1) is 0 Å². The normalized spacial score (nSPS) is 14.9. The zero-order valence-corrected chi connectivity index (χ0v) is 18.9. The lowest BCUT2D eigenvalue weighted by Crippen LogP contribution is -1.98. The van der Waals surface area contributed by atoms with Gasteiger partial charge in [-0.1, -0.05) is 107 Å². The lowest BCUT2D eigenvalue weighted by atomic mass is 9.87. The van der Waals surface area contributed by atoms with E-state index in [2.05, 4.69) is 89.6 Å². The quantitative estimate of drug-likeness (QED) is 0.277. The van der Waals surface area contributed by atoms with Gasteiger partial charge in [-0.2, -0.15) is 0 Å². The second kappa shape index (κ2) is 16.1. The third kappa shape index (κ3) is 9.25. The highest BCUT2D eigenvalue weighted by molar-refractivity contribution is 5.65. The molecule has 0 heterocycles. The van der Waals surface area contributed by atoms with E-state index in [-0.39, 0.29) is 0 Å². The van der Waals surface area contributed by atoms with Gasteiger partial charge in [-0.25, -0.2) is 0 Å². The Hall–Kier alpha value is -2.86. The molecule has 0 radical (unpaired) electrons. The molecule has 0 heteroatoms. The van der Waals surface area contributed by atoms with Crippen molar-refractivity contribution in [3.8, 4) is 0 Å². The average Bonchev–Trinajstić information content (AvgIpc) is 2.74. The first-order chi connectivity index (χ1) is 14.1. The maximum absolute atomic E-state index is 4.09. The number of hydrogen-bond donors (Lipinski definition) is 0. The molecule has 29 heavy (non-hydrogen) atoms. The molecule has 154 valence electrons. The minimum atomic E-state index is 0.952. The van der Waals surface area contributed by atoms with Crippen molar-refractivity contribution in [3.63, 3.8) is 0 Å². The van der Waals surface area contributed by atoms with Crippen molar-refractivity contribution in [2.75, 3.05) is 0 Å². The van der Waals surface area contributed by atoms with Crippen LogP contribution in [-0.2, 0) is 0 Å². The first-order valence-electron chi connectivity index (χ1n) is 10.4. The van der Waals surface area contributed by atoms with Gasteiger partial charge >= 0.3 is 0 Å². The van der Waals surface area contributed by atoms with Gasteiger partial charge in [0.15, 0.2) is 0 Å². The molecule has 0 unspecified atom stereocenters. The molecule has 0 aromatic rings. The van der Waals surface area contributed by atoms with E-state index in [9.17, 15) is 0 Å². The van der Waals surface area contributed by atoms with E-state index < -0.39 is 0 Å². The lowest BCUT2D eigenvalue weighted by molar-refractivity contribution is 0.953. The fraction of sp³-hybridized carbons (Fsp3) is 0.241. The van der Waals surface area contributed by atoms with Gasteiger partial charge in [-0.05, 0) is 72.3 Å². The van der Waals surface area contributed by atoms with Crippen molar-refractivity contribution in [2.24, 2.45) is 0 Å². The third-order valence-electron chi connectivity index (χ3n) is 4.29. The Morgan fingerprint density at radius 1 is 0.759 bits per heavy atom. The molecule has 0 aliphatic rings. The van der Waals surface area contributed by atoms with Crippen LogP contribution in [0.5, 0.6) is 0 Å². The Morgan fingerprint density at radius 2 is 1.38 bits per heavy atom. The van der Waals surface area contributed by atoms with E-state index in [1.165, 1.54) is 0 Å². The second-order valence-electron chi connectivity index (χ2n) is 6.44. The van der Waals surface area contributed by atoms with Crippen molar-refractivity contribution in [2.45, 2.75) is 47.0 Å². The fourth-order valence-electron chi connectivity index (χ4n) is 2.84. The number of allylic oxidation sites excluding steroid dienone is 18. The standard InChI is InChI=1S/C29H38/c1-9-17-21-27(16-8)29(23-25(14-6)19-11-3)28(26(15-7)20-12-4)22-24(13-5)18-10-2/h11-16,18-23H,3,5-6,8-10,17H2,1-2,4,7H3/b20-12-,24-18+,25-19+,26-15+,27-21+,28-22+,29-23+. The Bertz CT molecular complexity index is 780. The molecule has 0 atom stereocenters. The van der Waals surface area contributed by atoms with Crippen LogP contribution in [0.3, 0.4) is 0 Å². The first kappa shape index (κ1) is 26.1. The van der Waals surface area contributed by atoms with Crippen molar-refractivity contribution in [1.29, 1.82) is 0 Å². The summed E-state index contributed by atoms with van der Waals surface area (Å²) >= 11 is 0. The van der Waals surface area contributed by atoms with Crippen LogP contribution >= 0.6 is 0 Å². The Balaban J connectivity index is 7.17. The van der Waals surface area contributed by atoms with Crippen molar-refractivity contribution < 1.29 is 0 Å². The van der Waals surface area contributed by atoms with Gasteiger partial charge in [-0.3, -0.25) is 0 Å².